The molecule has 0 spiro atoms. The molecule has 1 heteroatoms. The number of benzene rings is 1. The smallest absolute Gasteiger partial charge is 0.0291 e. The molecule has 0 saturated heterocycles. The molecule has 0 aliphatic heterocycles. The minimum atomic E-state index is 0.473. The Morgan fingerprint density at radius 1 is 1.27 bits per heavy atom. The second-order valence-corrected chi connectivity index (χ2v) is 2.69. The van der Waals surface area contributed by atoms with Crippen LogP contribution in [0.3, 0.4) is 0 Å². The molecule has 1 atom stereocenters. The molecule has 0 bridgehead atoms. The van der Waals surface area contributed by atoms with Crippen molar-refractivity contribution in [3.8, 4) is 0 Å². The van der Waals surface area contributed by atoms with Crippen LogP contribution in [0.15, 0.2) is 30.3 Å². The van der Waals surface area contributed by atoms with Gasteiger partial charge in [-0.1, -0.05) is 37.3 Å². The van der Waals surface area contributed by atoms with Crippen LogP contribution in [0.2, 0.25) is 0 Å². The Morgan fingerprint density at radius 2 is 1.91 bits per heavy atom. The monoisotopic (exact) mass is 149 g/mol. The standard InChI is InChI=1S/C10H15N/c1-3-11-9(2)10-7-5-4-6-8-10/h4-9,11H,3H2,1-2H3/t9-/m1/s1. The third-order valence-electron chi connectivity index (χ3n) is 1.81. The van der Waals surface area contributed by atoms with Crippen molar-refractivity contribution in [2.75, 3.05) is 6.54 Å². The van der Waals surface area contributed by atoms with Crippen molar-refractivity contribution >= 4 is 0 Å². The van der Waals surface area contributed by atoms with Crippen LogP contribution in [0.5, 0.6) is 0 Å². The Balaban J connectivity index is 2.61. The maximum absolute atomic E-state index is 3.36. The third-order valence-corrected chi connectivity index (χ3v) is 1.81. The van der Waals surface area contributed by atoms with Gasteiger partial charge < -0.3 is 5.32 Å². The second kappa shape index (κ2) is 4.14. The lowest BCUT2D eigenvalue weighted by Crippen LogP contribution is -2.17. The van der Waals surface area contributed by atoms with E-state index in [0.717, 1.165) is 6.54 Å². The average molecular weight is 149 g/mol. The van der Waals surface area contributed by atoms with Crippen LogP contribution in [0, 0.1) is 0 Å². The molecular formula is C10H15N. The van der Waals surface area contributed by atoms with Crippen molar-refractivity contribution in [2.24, 2.45) is 0 Å². The molecule has 0 saturated carbocycles. The van der Waals surface area contributed by atoms with E-state index in [0.29, 0.717) is 6.04 Å². The van der Waals surface area contributed by atoms with Crippen LogP contribution in [0.25, 0.3) is 0 Å². The van der Waals surface area contributed by atoms with Crippen LogP contribution in [-0.2, 0) is 0 Å². The van der Waals surface area contributed by atoms with E-state index in [9.17, 15) is 0 Å². The first-order chi connectivity index (χ1) is 5.34. The van der Waals surface area contributed by atoms with Crippen molar-refractivity contribution in [3.05, 3.63) is 35.9 Å². The summed E-state index contributed by atoms with van der Waals surface area (Å²) in [6.07, 6.45) is 0. The van der Waals surface area contributed by atoms with E-state index in [1.165, 1.54) is 5.56 Å². The summed E-state index contributed by atoms with van der Waals surface area (Å²) in [6.45, 7) is 5.33. The number of rotatable bonds is 3. The first kappa shape index (κ1) is 8.28. The molecular weight excluding hydrogens is 134 g/mol. The molecule has 1 aromatic carbocycles. The zero-order valence-corrected chi connectivity index (χ0v) is 7.17. The molecule has 0 amide bonds. The van der Waals surface area contributed by atoms with Gasteiger partial charge in [-0.2, -0.15) is 0 Å². The maximum atomic E-state index is 3.36. The number of nitrogens with one attached hydrogen (secondary N) is 1. The summed E-state index contributed by atoms with van der Waals surface area (Å²) in [5.41, 5.74) is 1.36. The SMILES string of the molecule is CCN[C@H](C)c1ccccc1. The summed E-state index contributed by atoms with van der Waals surface area (Å²) in [6, 6.07) is 11.0. The molecule has 1 rings (SSSR count). The molecule has 1 nitrogen and oxygen atoms in total. The molecule has 60 valence electrons. The molecule has 0 heterocycles. The summed E-state index contributed by atoms with van der Waals surface area (Å²) in [5, 5.41) is 3.36. The maximum Gasteiger partial charge on any atom is 0.0291 e. The van der Waals surface area contributed by atoms with Crippen LogP contribution in [0.1, 0.15) is 25.5 Å². The van der Waals surface area contributed by atoms with Crippen LogP contribution >= 0.6 is 0 Å². The fourth-order valence-corrected chi connectivity index (χ4v) is 1.17. The Morgan fingerprint density at radius 3 is 2.45 bits per heavy atom. The summed E-state index contributed by atoms with van der Waals surface area (Å²) in [7, 11) is 0. The van der Waals surface area contributed by atoms with E-state index < -0.39 is 0 Å². The van der Waals surface area contributed by atoms with E-state index in [1.54, 1.807) is 0 Å². The highest BCUT2D eigenvalue weighted by molar-refractivity contribution is 5.17. The lowest BCUT2D eigenvalue weighted by Gasteiger charge is -2.11. The quantitative estimate of drug-likeness (QED) is 0.695. The Labute approximate surface area is 68.4 Å². The van der Waals surface area contributed by atoms with Gasteiger partial charge in [0.1, 0.15) is 0 Å². The van der Waals surface area contributed by atoms with Gasteiger partial charge in [-0.25, -0.2) is 0 Å². The van der Waals surface area contributed by atoms with Gasteiger partial charge in [0, 0.05) is 6.04 Å². The van der Waals surface area contributed by atoms with E-state index in [1.807, 2.05) is 6.07 Å². The molecule has 0 aliphatic carbocycles. The Bertz CT molecular complexity index is 193. The molecule has 0 fully saturated rings. The highest BCUT2D eigenvalue weighted by atomic mass is 14.9. The molecule has 0 aromatic heterocycles. The second-order valence-electron chi connectivity index (χ2n) is 2.69. The van der Waals surface area contributed by atoms with Gasteiger partial charge in [0.2, 0.25) is 0 Å². The molecule has 0 aliphatic rings. The van der Waals surface area contributed by atoms with Crippen molar-refractivity contribution in [2.45, 2.75) is 19.9 Å². The topological polar surface area (TPSA) is 12.0 Å². The zero-order valence-electron chi connectivity index (χ0n) is 7.17. The van der Waals surface area contributed by atoms with Gasteiger partial charge in [-0.3, -0.25) is 0 Å². The fourth-order valence-electron chi connectivity index (χ4n) is 1.17. The summed E-state index contributed by atoms with van der Waals surface area (Å²) < 4.78 is 0. The summed E-state index contributed by atoms with van der Waals surface area (Å²) in [5.74, 6) is 0. The molecule has 1 N–H and O–H groups in total. The van der Waals surface area contributed by atoms with E-state index in [4.69, 9.17) is 0 Å². The van der Waals surface area contributed by atoms with Crippen LogP contribution in [-0.4, -0.2) is 6.54 Å². The molecule has 1 aromatic rings. The molecule has 11 heavy (non-hydrogen) atoms. The lowest BCUT2D eigenvalue weighted by atomic mass is 10.1. The van der Waals surface area contributed by atoms with Gasteiger partial charge in [0.05, 0.1) is 0 Å². The van der Waals surface area contributed by atoms with Gasteiger partial charge in [-0.15, -0.1) is 0 Å². The normalized spacial score (nSPS) is 12.9. The summed E-state index contributed by atoms with van der Waals surface area (Å²) >= 11 is 0. The van der Waals surface area contributed by atoms with Crippen molar-refractivity contribution in [3.63, 3.8) is 0 Å². The fraction of sp³-hybridized carbons (Fsp3) is 0.400. The Kier molecular flexibility index (Phi) is 3.12. The van der Waals surface area contributed by atoms with Crippen LogP contribution < -0.4 is 5.32 Å². The van der Waals surface area contributed by atoms with Gasteiger partial charge in [-0.05, 0) is 19.0 Å². The predicted octanol–water partition coefficient (Wildman–Crippen LogP) is 2.36. The lowest BCUT2D eigenvalue weighted by molar-refractivity contribution is 0.598. The number of hydrogen-bond acceptors (Lipinski definition) is 1. The first-order valence-electron chi connectivity index (χ1n) is 4.13. The van der Waals surface area contributed by atoms with Gasteiger partial charge >= 0.3 is 0 Å². The first-order valence-corrected chi connectivity index (χ1v) is 4.13. The van der Waals surface area contributed by atoms with E-state index in [2.05, 4.69) is 43.4 Å². The van der Waals surface area contributed by atoms with E-state index >= 15 is 0 Å². The molecule has 0 unspecified atom stereocenters. The van der Waals surface area contributed by atoms with Crippen molar-refractivity contribution in [1.29, 1.82) is 0 Å². The molecule has 0 radical (unpaired) electrons. The predicted molar refractivity (Wildman–Crippen MR) is 48.5 cm³/mol. The highest BCUT2D eigenvalue weighted by Crippen LogP contribution is 2.09. The zero-order chi connectivity index (χ0) is 8.10. The number of hydrogen-bond donors (Lipinski definition) is 1. The summed E-state index contributed by atoms with van der Waals surface area (Å²) in [4.78, 5) is 0. The third kappa shape index (κ3) is 2.35. The van der Waals surface area contributed by atoms with Gasteiger partial charge in [0.15, 0.2) is 0 Å². The minimum absolute atomic E-state index is 0.473. The van der Waals surface area contributed by atoms with Gasteiger partial charge in [0.25, 0.3) is 0 Å². The largest absolute Gasteiger partial charge is 0.310 e. The minimum Gasteiger partial charge on any atom is -0.310 e. The Hall–Kier alpha value is -0.820. The van der Waals surface area contributed by atoms with Crippen molar-refractivity contribution in [1.82, 2.24) is 5.32 Å². The van der Waals surface area contributed by atoms with E-state index in [-0.39, 0.29) is 0 Å². The average Bonchev–Trinajstić information content (AvgIpc) is 2.07. The van der Waals surface area contributed by atoms with Crippen LogP contribution in [0.4, 0.5) is 0 Å². The van der Waals surface area contributed by atoms with Crippen molar-refractivity contribution < 1.29 is 0 Å². The highest BCUT2D eigenvalue weighted by Gasteiger charge is 1.99.